The Morgan fingerprint density at radius 2 is 2.15 bits per heavy atom. The first-order valence-electron chi connectivity index (χ1n) is 7.80. The molecule has 0 saturated heterocycles. The number of hydrogen-bond donors (Lipinski definition) is 1. The highest BCUT2D eigenvalue weighted by molar-refractivity contribution is 7.10. The van der Waals surface area contributed by atoms with Crippen LogP contribution in [0.5, 0.6) is 0 Å². The van der Waals surface area contributed by atoms with Crippen molar-refractivity contribution < 1.29 is 0 Å². The third-order valence-electron chi connectivity index (χ3n) is 4.48. The van der Waals surface area contributed by atoms with Crippen LogP contribution in [0.1, 0.15) is 51.0 Å². The van der Waals surface area contributed by atoms with Crippen LogP contribution in [0.2, 0.25) is 0 Å². The van der Waals surface area contributed by atoms with Crippen LogP contribution in [0.15, 0.2) is 17.5 Å². The van der Waals surface area contributed by atoms with Gasteiger partial charge in [0.25, 0.3) is 0 Å². The molecule has 0 bridgehead atoms. The summed E-state index contributed by atoms with van der Waals surface area (Å²) in [6.07, 6.45) is 4.00. The number of likely N-dealkylation sites (N-methyl/N-ethyl adjacent to an activating group) is 1. The van der Waals surface area contributed by atoms with E-state index >= 15 is 0 Å². The zero-order chi connectivity index (χ0) is 14.8. The molecule has 3 unspecified atom stereocenters. The van der Waals surface area contributed by atoms with Gasteiger partial charge in [-0.25, -0.2) is 0 Å². The highest BCUT2D eigenvalue weighted by Crippen LogP contribution is 2.38. The Balaban J connectivity index is 1.93. The molecule has 3 atom stereocenters. The molecule has 0 radical (unpaired) electrons. The molecule has 0 aromatic carbocycles. The topological polar surface area (TPSA) is 15.3 Å². The molecule has 0 amide bonds. The molecule has 0 spiro atoms. The van der Waals surface area contributed by atoms with Crippen LogP contribution < -0.4 is 5.32 Å². The van der Waals surface area contributed by atoms with E-state index in [1.807, 2.05) is 11.3 Å². The number of nitrogens with zero attached hydrogens (tertiary/aromatic N) is 1. The minimum absolute atomic E-state index is 0.492. The lowest BCUT2D eigenvalue weighted by molar-refractivity contribution is 0.145. The van der Waals surface area contributed by atoms with E-state index in [1.165, 1.54) is 24.1 Å². The lowest BCUT2D eigenvalue weighted by Gasteiger charge is -2.40. The Morgan fingerprint density at radius 3 is 2.70 bits per heavy atom. The molecule has 1 heterocycles. The second-order valence-electron chi connectivity index (χ2n) is 7.51. The van der Waals surface area contributed by atoms with Crippen molar-refractivity contribution in [3.05, 3.63) is 22.4 Å². The van der Waals surface area contributed by atoms with E-state index in [1.54, 1.807) is 0 Å². The van der Waals surface area contributed by atoms with Gasteiger partial charge in [0.1, 0.15) is 0 Å². The van der Waals surface area contributed by atoms with Crippen molar-refractivity contribution in [1.82, 2.24) is 10.2 Å². The van der Waals surface area contributed by atoms with Gasteiger partial charge in [-0.05, 0) is 56.1 Å². The Labute approximate surface area is 128 Å². The second kappa shape index (κ2) is 6.59. The molecular weight excluding hydrogens is 264 g/mol. The summed E-state index contributed by atoms with van der Waals surface area (Å²) in [7, 11) is 4.36. The first-order chi connectivity index (χ1) is 9.37. The Hall–Kier alpha value is -0.380. The van der Waals surface area contributed by atoms with Crippen LogP contribution in [-0.4, -0.2) is 31.6 Å². The van der Waals surface area contributed by atoms with Crippen LogP contribution in [-0.2, 0) is 0 Å². The predicted octanol–water partition coefficient (Wildman–Crippen LogP) is 4.16. The standard InChI is InChI=1S/C17H30N2S/c1-13-9-14(11-17(2,3)10-13)18-12-15(19(4)5)16-7-6-8-20-16/h6-8,13-15,18H,9-12H2,1-5H3. The summed E-state index contributed by atoms with van der Waals surface area (Å²) in [5, 5.41) is 6.02. The van der Waals surface area contributed by atoms with Crippen LogP contribution in [0, 0.1) is 11.3 Å². The molecule has 3 heteroatoms. The van der Waals surface area contributed by atoms with Gasteiger partial charge in [0.15, 0.2) is 0 Å². The normalized spacial score (nSPS) is 27.7. The van der Waals surface area contributed by atoms with Crippen molar-refractivity contribution in [2.75, 3.05) is 20.6 Å². The summed E-state index contributed by atoms with van der Waals surface area (Å²) < 4.78 is 0. The van der Waals surface area contributed by atoms with E-state index in [4.69, 9.17) is 0 Å². The molecule has 1 aliphatic rings. The summed E-state index contributed by atoms with van der Waals surface area (Å²) in [4.78, 5) is 3.79. The van der Waals surface area contributed by atoms with Crippen molar-refractivity contribution in [3.8, 4) is 0 Å². The van der Waals surface area contributed by atoms with Gasteiger partial charge in [0, 0.05) is 17.5 Å². The predicted molar refractivity (Wildman–Crippen MR) is 89.3 cm³/mol. The maximum absolute atomic E-state index is 3.84. The van der Waals surface area contributed by atoms with E-state index < -0.39 is 0 Å². The molecular formula is C17H30N2S. The molecule has 1 aromatic heterocycles. The van der Waals surface area contributed by atoms with Gasteiger partial charge in [-0.15, -0.1) is 11.3 Å². The maximum Gasteiger partial charge on any atom is 0.0561 e. The highest BCUT2D eigenvalue weighted by atomic mass is 32.1. The molecule has 1 fully saturated rings. The van der Waals surface area contributed by atoms with Crippen molar-refractivity contribution in [3.63, 3.8) is 0 Å². The first-order valence-corrected chi connectivity index (χ1v) is 8.68. The summed E-state index contributed by atoms with van der Waals surface area (Å²) in [6, 6.07) is 5.58. The Bertz CT molecular complexity index is 397. The summed E-state index contributed by atoms with van der Waals surface area (Å²) in [6.45, 7) is 8.29. The maximum atomic E-state index is 3.84. The van der Waals surface area contributed by atoms with Crippen LogP contribution >= 0.6 is 11.3 Å². The average molecular weight is 295 g/mol. The van der Waals surface area contributed by atoms with E-state index in [0.29, 0.717) is 17.5 Å². The number of thiophene rings is 1. The zero-order valence-corrected chi connectivity index (χ0v) is 14.5. The highest BCUT2D eigenvalue weighted by Gasteiger charge is 2.32. The van der Waals surface area contributed by atoms with Gasteiger partial charge >= 0.3 is 0 Å². The van der Waals surface area contributed by atoms with E-state index in [9.17, 15) is 0 Å². The minimum atomic E-state index is 0.492. The monoisotopic (exact) mass is 294 g/mol. The molecule has 1 aliphatic carbocycles. The Morgan fingerprint density at radius 1 is 1.40 bits per heavy atom. The molecule has 2 nitrogen and oxygen atoms in total. The smallest absolute Gasteiger partial charge is 0.0561 e. The fourth-order valence-electron chi connectivity index (χ4n) is 3.80. The van der Waals surface area contributed by atoms with Crippen LogP contribution in [0.25, 0.3) is 0 Å². The van der Waals surface area contributed by atoms with Crippen LogP contribution in [0.4, 0.5) is 0 Å². The molecule has 114 valence electrons. The van der Waals surface area contributed by atoms with E-state index in [-0.39, 0.29) is 0 Å². The number of nitrogens with one attached hydrogen (secondary N) is 1. The quantitative estimate of drug-likeness (QED) is 0.877. The van der Waals surface area contributed by atoms with Gasteiger partial charge in [-0.2, -0.15) is 0 Å². The number of hydrogen-bond acceptors (Lipinski definition) is 3. The first kappa shape index (κ1) is 16.0. The lowest BCUT2D eigenvalue weighted by Crippen LogP contribution is -2.43. The molecule has 1 N–H and O–H groups in total. The third-order valence-corrected chi connectivity index (χ3v) is 5.46. The molecule has 2 rings (SSSR count). The van der Waals surface area contributed by atoms with Crippen LogP contribution in [0.3, 0.4) is 0 Å². The molecule has 0 aliphatic heterocycles. The molecule has 1 saturated carbocycles. The van der Waals surface area contributed by atoms with Gasteiger partial charge in [-0.3, -0.25) is 0 Å². The van der Waals surface area contributed by atoms with E-state index in [0.717, 1.165) is 12.5 Å². The van der Waals surface area contributed by atoms with Gasteiger partial charge < -0.3 is 10.2 Å². The summed E-state index contributed by atoms with van der Waals surface area (Å²) in [5.74, 6) is 0.843. The van der Waals surface area contributed by atoms with Crippen molar-refractivity contribution in [2.45, 2.75) is 52.1 Å². The lowest BCUT2D eigenvalue weighted by atomic mass is 9.70. The SMILES string of the molecule is CC1CC(NCC(c2cccs2)N(C)C)CC(C)(C)C1. The van der Waals surface area contributed by atoms with Crippen molar-refractivity contribution >= 4 is 11.3 Å². The van der Waals surface area contributed by atoms with Gasteiger partial charge in [0.05, 0.1) is 6.04 Å². The summed E-state index contributed by atoms with van der Waals surface area (Å²) in [5.41, 5.74) is 0.492. The summed E-state index contributed by atoms with van der Waals surface area (Å²) >= 11 is 1.86. The largest absolute Gasteiger partial charge is 0.312 e. The van der Waals surface area contributed by atoms with Crippen molar-refractivity contribution in [2.24, 2.45) is 11.3 Å². The molecule has 1 aromatic rings. The fraction of sp³-hybridized carbons (Fsp3) is 0.765. The van der Waals surface area contributed by atoms with Crippen molar-refractivity contribution in [1.29, 1.82) is 0 Å². The fourth-order valence-corrected chi connectivity index (χ4v) is 4.72. The molecule has 20 heavy (non-hydrogen) atoms. The average Bonchev–Trinajstić information content (AvgIpc) is 2.79. The third kappa shape index (κ3) is 4.31. The second-order valence-corrected chi connectivity index (χ2v) is 8.49. The number of rotatable bonds is 5. The zero-order valence-electron chi connectivity index (χ0n) is 13.6. The van der Waals surface area contributed by atoms with Gasteiger partial charge in [0.2, 0.25) is 0 Å². The minimum Gasteiger partial charge on any atom is -0.312 e. The van der Waals surface area contributed by atoms with E-state index in [2.05, 4.69) is 62.6 Å². The van der Waals surface area contributed by atoms with Gasteiger partial charge in [-0.1, -0.05) is 26.8 Å². The Kier molecular flexibility index (Phi) is 5.27.